The molecule has 3 amide bonds. The number of carbonyl (C=O) groups excluding carboxylic acids is 3. The Morgan fingerprint density at radius 1 is 1.02 bits per heavy atom. The molecule has 2 N–H and O–H groups in total. The van der Waals surface area contributed by atoms with Crippen molar-refractivity contribution in [3.8, 4) is 5.75 Å². The number of carbonyl (C=O) groups is 3. The minimum absolute atomic E-state index is 0.309. The van der Waals surface area contributed by atoms with E-state index in [1.807, 2.05) is 38.3 Å². The van der Waals surface area contributed by atoms with Crippen LogP contribution < -0.4 is 15.4 Å². The van der Waals surface area contributed by atoms with Crippen LogP contribution in [-0.2, 0) is 14.3 Å². The summed E-state index contributed by atoms with van der Waals surface area (Å²) in [6.45, 7) is 11.8. The van der Waals surface area contributed by atoms with Crippen LogP contribution in [0.2, 0.25) is 0 Å². The van der Waals surface area contributed by atoms with Gasteiger partial charge in [-0.1, -0.05) is 38.0 Å². The van der Waals surface area contributed by atoms with Crippen LogP contribution in [0.5, 0.6) is 5.75 Å². The molecule has 0 heterocycles. The van der Waals surface area contributed by atoms with Crippen molar-refractivity contribution >= 4 is 35.4 Å². The zero-order valence-corrected chi connectivity index (χ0v) is 26.7. The maximum absolute atomic E-state index is 14.3. The Kier molecular flexibility index (Phi) is 13.5. The van der Waals surface area contributed by atoms with Crippen molar-refractivity contribution in [2.24, 2.45) is 0 Å². The molecule has 2 atom stereocenters. The van der Waals surface area contributed by atoms with Crippen LogP contribution in [0, 0.1) is 13.8 Å². The van der Waals surface area contributed by atoms with Gasteiger partial charge in [-0.3, -0.25) is 9.59 Å². The first kappa shape index (κ1) is 34.0. The molecule has 2 unspecified atom stereocenters. The highest BCUT2D eigenvalue weighted by atomic mass is 32.2. The molecule has 0 bridgehead atoms. The van der Waals surface area contributed by atoms with Gasteiger partial charge in [-0.05, 0) is 100 Å². The van der Waals surface area contributed by atoms with Gasteiger partial charge in [0, 0.05) is 12.2 Å². The lowest BCUT2D eigenvalue weighted by Crippen LogP contribution is -2.53. The summed E-state index contributed by atoms with van der Waals surface area (Å²) < 4.78 is 10.7. The zero-order chi connectivity index (χ0) is 30.6. The van der Waals surface area contributed by atoms with Gasteiger partial charge < -0.3 is 25.0 Å². The van der Waals surface area contributed by atoms with Gasteiger partial charge in [0.05, 0.1) is 7.11 Å². The van der Waals surface area contributed by atoms with E-state index >= 15 is 0 Å². The normalized spacial score (nSPS) is 12.7. The Labute approximate surface area is 249 Å². The van der Waals surface area contributed by atoms with Gasteiger partial charge in [0.25, 0.3) is 5.91 Å². The van der Waals surface area contributed by atoms with E-state index in [1.54, 1.807) is 68.8 Å². The molecule has 0 aliphatic carbocycles. The number of nitrogens with one attached hydrogen (secondary N) is 2. The standard InChI is InChI=1S/C32H47N3O5S/c1-9-10-11-20-35(30(37)27(19-21-41-8)34-31(38)40-32(4,5)6)28(26-14-12-13-22(2)23(26)3)29(36)33-24-15-17-25(39-7)18-16-24/h12-18,27-28H,9-11,19-21H2,1-8H3,(H,33,36)(H,34,38). The SMILES string of the molecule is CCCCCN(C(=O)C(CCSC)NC(=O)OC(C)(C)C)C(C(=O)Nc1ccc(OC)cc1)c1cccc(C)c1C. The Morgan fingerprint density at radius 2 is 1.71 bits per heavy atom. The first-order valence-corrected chi connectivity index (χ1v) is 15.6. The van der Waals surface area contributed by atoms with E-state index < -0.39 is 23.8 Å². The second-order valence-corrected chi connectivity index (χ2v) is 12.1. The minimum Gasteiger partial charge on any atom is -0.497 e. The third kappa shape index (κ3) is 10.6. The number of aryl methyl sites for hydroxylation is 1. The maximum Gasteiger partial charge on any atom is 0.408 e. The van der Waals surface area contributed by atoms with Gasteiger partial charge in [-0.2, -0.15) is 11.8 Å². The fourth-order valence-electron chi connectivity index (χ4n) is 4.45. The van der Waals surface area contributed by atoms with Gasteiger partial charge in [0.15, 0.2) is 0 Å². The highest BCUT2D eigenvalue weighted by Gasteiger charge is 2.36. The quantitative estimate of drug-likeness (QED) is 0.241. The van der Waals surface area contributed by atoms with Gasteiger partial charge in [-0.15, -0.1) is 0 Å². The van der Waals surface area contributed by atoms with Crippen molar-refractivity contribution in [3.63, 3.8) is 0 Å². The van der Waals surface area contributed by atoms with Gasteiger partial charge in [0.2, 0.25) is 5.91 Å². The molecule has 2 aromatic rings. The molecular weight excluding hydrogens is 538 g/mol. The summed E-state index contributed by atoms with van der Waals surface area (Å²) in [4.78, 5) is 42.9. The molecule has 0 saturated carbocycles. The fraction of sp³-hybridized carbons (Fsp3) is 0.531. The average Bonchev–Trinajstić information content (AvgIpc) is 2.91. The first-order chi connectivity index (χ1) is 19.4. The molecule has 226 valence electrons. The Balaban J connectivity index is 2.57. The molecule has 0 saturated heterocycles. The summed E-state index contributed by atoms with van der Waals surface area (Å²) in [5, 5.41) is 5.82. The fourth-order valence-corrected chi connectivity index (χ4v) is 4.92. The zero-order valence-electron chi connectivity index (χ0n) is 25.8. The van der Waals surface area contributed by atoms with E-state index in [-0.39, 0.29) is 11.8 Å². The van der Waals surface area contributed by atoms with Crippen LogP contribution in [0.4, 0.5) is 10.5 Å². The average molecular weight is 586 g/mol. The molecule has 0 fully saturated rings. The van der Waals surface area contributed by atoms with Crippen LogP contribution in [0.25, 0.3) is 0 Å². The van der Waals surface area contributed by atoms with Gasteiger partial charge in [-0.25, -0.2) is 4.79 Å². The third-order valence-corrected chi connectivity index (χ3v) is 7.39. The van der Waals surface area contributed by atoms with Crippen LogP contribution >= 0.6 is 11.8 Å². The van der Waals surface area contributed by atoms with E-state index in [2.05, 4.69) is 17.6 Å². The minimum atomic E-state index is -0.904. The van der Waals surface area contributed by atoms with E-state index in [9.17, 15) is 14.4 Å². The number of thioether (sulfide) groups is 1. The summed E-state index contributed by atoms with van der Waals surface area (Å²) in [5.41, 5.74) is 2.60. The molecule has 2 aromatic carbocycles. The number of unbranched alkanes of at least 4 members (excludes halogenated alkanes) is 2. The molecule has 0 radical (unpaired) electrons. The predicted molar refractivity (Wildman–Crippen MR) is 168 cm³/mol. The number of methoxy groups -OCH3 is 1. The first-order valence-electron chi connectivity index (χ1n) is 14.2. The van der Waals surface area contributed by atoms with Gasteiger partial charge in [0.1, 0.15) is 23.4 Å². The number of alkyl carbamates (subject to hydrolysis) is 1. The Hall–Kier alpha value is -3.20. The van der Waals surface area contributed by atoms with E-state index in [1.165, 1.54) is 0 Å². The summed E-state index contributed by atoms with van der Waals surface area (Å²) in [5.74, 6) is 0.697. The van der Waals surface area contributed by atoms with E-state index in [0.29, 0.717) is 30.2 Å². The molecule has 0 spiro atoms. The molecule has 0 aromatic heterocycles. The molecule has 2 rings (SSSR count). The lowest BCUT2D eigenvalue weighted by atomic mass is 9.94. The maximum atomic E-state index is 14.3. The topological polar surface area (TPSA) is 97.0 Å². The molecule has 0 aliphatic heterocycles. The molecule has 41 heavy (non-hydrogen) atoms. The summed E-state index contributed by atoms with van der Waals surface area (Å²) in [6, 6.07) is 11.1. The smallest absolute Gasteiger partial charge is 0.408 e. The summed E-state index contributed by atoms with van der Waals surface area (Å²) in [6.07, 6.45) is 4.29. The number of benzene rings is 2. The highest BCUT2D eigenvalue weighted by molar-refractivity contribution is 7.98. The number of nitrogens with zero attached hydrogens (tertiary/aromatic N) is 1. The lowest BCUT2D eigenvalue weighted by molar-refractivity contribution is -0.141. The number of hydrogen-bond acceptors (Lipinski definition) is 6. The van der Waals surface area contributed by atoms with Crippen molar-refractivity contribution in [3.05, 3.63) is 59.2 Å². The van der Waals surface area contributed by atoms with Crippen molar-refractivity contribution in [2.75, 3.05) is 31.0 Å². The highest BCUT2D eigenvalue weighted by Crippen LogP contribution is 2.30. The molecule has 9 heteroatoms. The predicted octanol–water partition coefficient (Wildman–Crippen LogP) is 6.66. The van der Waals surface area contributed by atoms with Crippen molar-refractivity contribution in [1.29, 1.82) is 0 Å². The second-order valence-electron chi connectivity index (χ2n) is 11.1. The van der Waals surface area contributed by atoms with Crippen LogP contribution in [-0.4, -0.2) is 60.1 Å². The van der Waals surface area contributed by atoms with Crippen LogP contribution in [0.3, 0.4) is 0 Å². The molecule has 8 nitrogen and oxygen atoms in total. The largest absolute Gasteiger partial charge is 0.497 e. The number of ether oxygens (including phenoxy) is 2. The monoisotopic (exact) mass is 585 g/mol. The molecular formula is C32H47N3O5S. The van der Waals surface area contributed by atoms with E-state index in [0.717, 1.165) is 36.0 Å². The Morgan fingerprint density at radius 3 is 2.29 bits per heavy atom. The Bertz CT molecular complexity index is 1150. The number of anilines is 1. The van der Waals surface area contributed by atoms with Crippen molar-refractivity contribution in [2.45, 2.75) is 84.9 Å². The summed E-state index contributed by atoms with van der Waals surface area (Å²) >= 11 is 1.59. The van der Waals surface area contributed by atoms with Crippen LogP contribution in [0.15, 0.2) is 42.5 Å². The number of hydrogen-bond donors (Lipinski definition) is 2. The third-order valence-electron chi connectivity index (χ3n) is 6.74. The van der Waals surface area contributed by atoms with E-state index in [4.69, 9.17) is 9.47 Å². The van der Waals surface area contributed by atoms with Crippen molar-refractivity contribution < 1.29 is 23.9 Å². The second kappa shape index (κ2) is 16.3. The van der Waals surface area contributed by atoms with Crippen molar-refractivity contribution in [1.82, 2.24) is 10.2 Å². The number of amides is 3. The van der Waals surface area contributed by atoms with Crippen LogP contribution in [0.1, 0.15) is 76.1 Å². The number of rotatable bonds is 14. The molecule has 0 aliphatic rings. The lowest BCUT2D eigenvalue weighted by Gasteiger charge is -2.35. The summed E-state index contributed by atoms with van der Waals surface area (Å²) in [7, 11) is 1.59. The van der Waals surface area contributed by atoms with Gasteiger partial charge >= 0.3 is 6.09 Å².